The fraction of sp³-hybridized carbons (Fsp3) is 0.812. The fourth-order valence-electron chi connectivity index (χ4n) is 3.79. The predicted molar refractivity (Wildman–Crippen MR) is 74.7 cm³/mol. The molecule has 2 aliphatic rings. The number of aromatic amines is 1. The van der Waals surface area contributed by atoms with Crippen LogP contribution in [0.5, 0.6) is 0 Å². The van der Waals surface area contributed by atoms with Crippen molar-refractivity contribution in [3.8, 4) is 0 Å². The van der Waals surface area contributed by atoms with E-state index in [1.165, 1.54) is 82.0 Å². The standard InChI is InChI=1S/C16H26N2/c1-3-7-13(8-4-1)11-15-12-16(18-17-15)14-9-5-2-6-10-14/h12-14H,1-11H2,(H,17,18). The molecule has 100 valence electrons. The predicted octanol–water partition coefficient (Wildman–Crippen LogP) is 4.58. The summed E-state index contributed by atoms with van der Waals surface area (Å²) >= 11 is 0. The van der Waals surface area contributed by atoms with Gasteiger partial charge in [-0.05, 0) is 31.2 Å². The third-order valence-corrected chi connectivity index (χ3v) is 4.91. The van der Waals surface area contributed by atoms with Gasteiger partial charge in [0.25, 0.3) is 0 Å². The third-order valence-electron chi connectivity index (χ3n) is 4.91. The first-order chi connectivity index (χ1) is 8.92. The lowest BCUT2D eigenvalue weighted by Gasteiger charge is -2.20. The van der Waals surface area contributed by atoms with Gasteiger partial charge in [0, 0.05) is 11.6 Å². The zero-order valence-corrected chi connectivity index (χ0v) is 11.5. The van der Waals surface area contributed by atoms with Gasteiger partial charge in [0.05, 0.1) is 5.69 Å². The molecule has 2 heteroatoms. The van der Waals surface area contributed by atoms with Gasteiger partial charge in [-0.15, -0.1) is 0 Å². The molecule has 0 aliphatic heterocycles. The summed E-state index contributed by atoms with van der Waals surface area (Å²) in [6.45, 7) is 0. The molecule has 0 unspecified atom stereocenters. The second-order valence-electron chi connectivity index (χ2n) is 6.36. The molecule has 1 heterocycles. The summed E-state index contributed by atoms with van der Waals surface area (Å²) in [5, 5.41) is 7.88. The summed E-state index contributed by atoms with van der Waals surface area (Å²) in [5.74, 6) is 1.66. The molecular formula is C16H26N2. The van der Waals surface area contributed by atoms with Crippen LogP contribution in [0.25, 0.3) is 0 Å². The Morgan fingerprint density at radius 2 is 1.61 bits per heavy atom. The molecule has 1 aromatic heterocycles. The first-order valence-electron chi connectivity index (χ1n) is 7.96. The van der Waals surface area contributed by atoms with Crippen molar-refractivity contribution in [2.24, 2.45) is 5.92 Å². The molecule has 0 atom stereocenters. The molecule has 0 bridgehead atoms. The van der Waals surface area contributed by atoms with E-state index in [-0.39, 0.29) is 0 Å². The summed E-state index contributed by atoms with van der Waals surface area (Å²) in [5.41, 5.74) is 2.74. The van der Waals surface area contributed by atoms with Crippen molar-refractivity contribution in [2.75, 3.05) is 0 Å². The Bertz CT molecular complexity index is 357. The molecule has 1 N–H and O–H groups in total. The number of rotatable bonds is 3. The summed E-state index contributed by atoms with van der Waals surface area (Å²) in [6, 6.07) is 2.37. The highest BCUT2D eigenvalue weighted by atomic mass is 15.1. The Balaban J connectivity index is 1.58. The van der Waals surface area contributed by atoms with E-state index < -0.39 is 0 Å². The van der Waals surface area contributed by atoms with Gasteiger partial charge in [0.15, 0.2) is 0 Å². The van der Waals surface area contributed by atoms with E-state index in [0.29, 0.717) is 0 Å². The van der Waals surface area contributed by atoms with Crippen molar-refractivity contribution in [1.82, 2.24) is 10.2 Å². The largest absolute Gasteiger partial charge is 0.282 e. The maximum Gasteiger partial charge on any atom is 0.0655 e. The van der Waals surface area contributed by atoms with Crippen LogP contribution >= 0.6 is 0 Å². The molecular weight excluding hydrogens is 220 g/mol. The third kappa shape index (κ3) is 2.96. The molecule has 2 fully saturated rings. The number of nitrogens with one attached hydrogen (secondary N) is 1. The SMILES string of the molecule is c1c(C2CCCCC2)n[nH]c1CC1CCCCC1. The Labute approximate surface area is 111 Å². The van der Waals surface area contributed by atoms with Crippen LogP contribution < -0.4 is 0 Å². The molecule has 0 amide bonds. The number of hydrogen-bond acceptors (Lipinski definition) is 1. The lowest BCUT2D eigenvalue weighted by atomic mass is 9.85. The van der Waals surface area contributed by atoms with E-state index in [2.05, 4.69) is 16.3 Å². The van der Waals surface area contributed by atoms with Crippen molar-refractivity contribution >= 4 is 0 Å². The van der Waals surface area contributed by atoms with E-state index in [1.54, 1.807) is 0 Å². The van der Waals surface area contributed by atoms with Gasteiger partial charge in [-0.2, -0.15) is 5.10 Å². The van der Waals surface area contributed by atoms with Gasteiger partial charge in [-0.3, -0.25) is 5.10 Å². The van der Waals surface area contributed by atoms with Crippen LogP contribution in [0.4, 0.5) is 0 Å². The molecule has 2 saturated carbocycles. The first-order valence-corrected chi connectivity index (χ1v) is 7.96. The van der Waals surface area contributed by atoms with Crippen molar-refractivity contribution < 1.29 is 0 Å². The summed E-state index contributed by atoms with van der Waals surface area (Å²) < 4.78 is 0. The van der Waals surface area contributed by atoms with Crippen LogP contribution in [0.15, 0.2) is 6.07 Å². The minimum atomic E-state index is 0.745. The van der Waals surface area contributed by atoms with Gasteiger partial charge < -0.3 is 0 Å². The highest BCUT2D eigenvalue weighted by Gasteiger charge is 2.20. The molecule has 1 aromatic rings. The molecule has 18 heavy (non-hydrogen) atoms. The quantitative estimate of drug-likeness (QED) is 0.831. The second-order valence-corrected chi connectivity index (χ2v) is 6.36. The van der Waals surface area contributed by atoms with E-state index in [9.17, 15) is 0 Å². The Morgan fingerprint density at radius 1 is 0.944 bits per heavy atom. The van der Waals surface area contributed by atoms with E-state index in [4.69, 9.17) is 0 Å². The molecule has 2 nitrogen and oxygen atoms in total. The first kappa shape index (κ1) is 12.3. The zero-order valence-electron chi connectivity index (χ0n) is 11.5. The maximum atomic E-state index is 4.58. The normalized spacial score (nSPS) is 23.3. The zero-order chi connectivity index (χ0) is 12.2. The summed E-state index contributed by atoms with van der Waals surface area (Å²) in [7, 11) is 0. The van der Waals surface area contributed by atoms with E-state index in [1.807, 2.05) is 0 Å². The smallest absolute Gasteiger partial charge is 0.0655 e. The highest BCUT2D eigenvalue weighted by molar-refractivity contribution is 5.14. The lowest BCUT2D eigenvalue weighted by Crippen LogP contribution is -2.09. The Kier molecular flexibility index (Phi) is 4.02. The van der Waals surface area contributed by atoms with Crippen LogP contribution in [0, 0.1) is 5.92 Å². The lowest BCUT2D eigenvalue weighted by molar-refractivity contribution is 0.354. The number of H-pyrrole nitrogens is 1. The van der Waals surface area contributed by atoms with Gasteiger partial charge in [0.2, 0.25) is 0 Å². The molecule has 0 saturated heterocycles. The number of hydrogen-bond donors (Lipinski definition) is 1. The molecule has 0 aromatic carbocycles. The molecule has 2 aliphatic carbocycles. The monoisotopic (exact) mass is 246 g/mol. The fourth-order valence-corrected chi connectivity index (χ4v) is 3.79. The van der Waals surface area contributed by atoms with Crippen LogP contribution in [0.1, 0.15) is 81.5 Å². The van der Waals surface area contributed by atoms with Gasteiger partial charge in [-0.1, -0.05) is 51.4 Å². The topological polar surface area (TPSA) is 28.7 Å². The van der Waals surface area contributed by atoms with Gasteiger partial charge in [-0.25, -0.2) is 0 Å². The van der Waals surface area contributed by atoms with Crippen molar-refractivity contribution in [3.63, 3.8) is 0 Å². The highest BCUT2D eigenvalue weighted by Crippen LogP contribution is 2.32. The average Bonchev–Trinajstić information content (AvgIpc) is 2.89. The van der Waals surface area contributed by atoms with E-state index >= 15 is 0 Å². The maximum absolute atomic E-state index is 4.58. The number of nitrogens with zero attached hydrogens (tertiary/aromatic N) is 1. The number of aromatic nitrogens is 2. The molecule has 0 radical (unpaired) electrons. The minimum absolute atomic E-state index is 0.745. The van der Waals surface area contributed by atoms with Crippen molar-refractivity contribution in [2.45, 2.75) is 76.5 Å². The van der Waals surface area contributed by atoms with Crippen LogP contribution in [-0.4, -0.2) is 10.2 Å². The molecule has 3 rings (SSSR count). The second kappa shape index (κ2) is 5.90. The molecule has 0 spiro atoms. The van der Waals surface area contributed by atoms with Crippen LogP contribution in [0.2, 0.25) is 0 Å². The van der Waals surface area contributed by atoms with Crippen molar-refractivity contribution in [3.05, 3.63) is 17.5 Å². The van der Waals surface area contributed by atoms with Crippen molar-refractivity contribution in [1.29, 1.82) is 0 Å². The Hall–Kier alpha value is -0.790. The Morgan fingerprint density at radius 3 is 2.33 bits per heavy atom. The minimum Gasteiger partial charge on any atom is -0.282 e. The average molecular weight is 246 g/mol. The van der Waals surface area contributed by atoms with Gasteiger partial charge >= 0.3 is 0 Å². The van der Waals surface area contributed by atoms with Crippen LogP contribution in [-0.2, 0) is 6.42 Å². The summed E-state index contributed by atoms with van der Waals surface area (Å²) in [4.78, 5) is 0. The van der Waals surface area contributed by atoms with Crippen LogP contribution in [0.3, 0.4) is 0 Å². The van der Waals surface area contributed by atoms with E-state index in [0.717, 1.165) is 11.8 Å². The van der Waals surface area contributed by atoms with Gasteiger partial charge in [0.1, 0.15) is 0 Å². The summed E-state index contributed by atoms with van der Waals surface area (Å²) in [6.07, 6.45) is 15.4.